The van der Waals surface area contributed by atoms with Crippen molar-refractivity contribution in [2.75, 3.05) is 0 Å². The van der Waals surface area contributed by atoms with E-state index in [0.29, 0.717) is 24.5 Å². The normalized spacial score (nSPS) is 11.3. The summed E-state index contributed by atoms with van der Waals surface area (Å²) in [4.78, 5) is 14.4. The quantitative estimate of drug-likeness (QED) is 0.741. The van der Waals surface area contributed by atoms with Gasteiger partial charge in [0, 0.05) is 24.5 Å². The van der Waals surface area contributed by atoms with Gasteiger partial charge in [0.1, 0.15) is 0 Å². The first kappa shape index (κ1) is 20.4. The van der Waals surface area contributed by atoms with Gasteiger partial charge in [0.2, 0.25) is 15.9 Å². The summed E-state index contributed by atoms with van der Waals surface area (Å²) >= 11 is 5.92. The van der Waals surface area contributed by atoms with Crippen molar-refractivity contribution in [1.29, 1.82) is 0 Å². The maximum absolute atomic E-state index is 12.6. The second kappa shape index (κ2) is 9.16. The van der Waals surface area contributed by atoms with Crippen LogP contribution in [0.5, 0.6) is 0 Å². The number of hydrogen-bond acceptors (Lipinski definition) is 3. The van der Waals surface area contributed by atoms with E-state index in [2.05, 4.69) is 0 Å². The number of rotatable bonds is 8. The molecule has 1 amide bonds. The highest BCUT2D eigenvalue weighted by atomic mass is 35.5. The molecule has 0 unspecified atom stereocenters. The maximum atomic E-state index is 12.6. The molecule has 0 radical (unpaired) electrons. The van der Waals surface area contributed by atoms with Crippen molar-refractivity contribution in [3.63, 3.8) is 0 Å². The van der Waals surface area contributed by atoms with Gasteiger partial charge in [0.05, 0.1) is 4.90 Å². The number of carbonyl (C=O) groups excluding carboxylic acids is 1. The minimum Gasteiger partial charge on any atom is -0.334 e. The van der Waals surface area contributed by atoms with Crippen LogP contribution in [0.25, 0.3) is 0 Å². The Bertz CT molecular complexity index is 834. The zero-order chi connectivity index (χ0) is 19.2. The highest BCUT2D eigenvalue weighted by Crippen LogP contribution is 2.16. The van der Waals surface area contributed by atoms with Gasteiger partial charge < -0.3 is 4.90 Å². The van der Waals surface area contributed by atoms with Gasteiger partial charge in [0.15, 0.2) is 0 Å². The van der Waals surface area contributed by atoms with E-state index in [-0.39, 0.29) is 10.8 Å². The molecular weight excluding hydrogens is 372 g/mol. The van der Waals surface area contributed by atoms with Crippen LogP contribution in [0.3, 0.4) is 0 Å². The van der Waals surface area contributed by atoms with Crippen LogP contribution >= 0.6 is 11.6 Å². The standard InChI is InChI=1S/C19H23ClN2O3S/c1-2-3-4-19(23)22(13-15-5-9-17(20)10-6-15)14-16-7-11-18(12-8-16)26(21,24)25/h5-12H,2-4,13-14H2,1H3,(H2,21,24,25). The van der Waals surface area contributed by atoms with Crippen molar-refractivity contribution in [1.82, 2.24) is 4.90 Å². The van der Waals surface area contributed by atoms with E-state index >= 15 is 0 Å². The predicted molar refractivity (Wildman–Crippen MR) is 103 cm³/mol. The third-order valence-electron chi connectivity index (χ3n) is 4.01. The summed E-state index contributed by atoms with van der Waals surface area (Å²) in [6, 6.07) is 13.7. The molecule has 2 aromatic rings. The highest BCUT2D eigenvalue weighted by Gasteiger charge is 2.15. The molecule has 2 aromatic carbocycles. The Morgan fingerprint density at radius 3 is 1.96 bits per heavy atom. The molecule has 2 rings (SSSR count). The van der Waals surface area contributed by atoms with Crippen molar-refractivity contribution in [2.45, 2.75) is 44.2 Å². The molecule has 0 heterocycles. The van der Waals surface area contributed by atoms with Crippen LogP contribution in [0.1, 0.15) is 37.3 Å². The highest BCUT2D eigenvalue weighted by molar-refractivity contribution is 7.89. The molecule has 26 heavy (non-hydrogen) atoms. The molecule has 0 aliphatic heterocycles. The van der Waals surface area contributed by atoms with Crippen LogP contribution in [-0.2, 0) is 27.9 Å². The zero-order valence-electron chi connectivity index (χ0n) is 14.7. The molecule has 0 fully saturated rings. The summed E-state index contributed by atoms with van der Waals surface area (Å²) in [5.74, 6) is 0.0670. The number of halogens is 1. The fourth-order valence-electron chi connectivity index (χ4n) is 2.53. The third kappa shape index (κ3) is 6.12. The molecule has 0 atom stereocenters. The topological polar surface area (TPSA) is 80.5 Å². The van der Waals surface area contributed by atoms with Gasteiger partial charge in [-0.1, -0.05) is 49.2 Å². The molecule has 0 bridgehead atoms. The molecule has 0 spiro atoms. The number of hydrogen-bond donors (Lipinski definition) is 1. The summed E-state index contributed by atoms with van der Waals surface area (Å²) < 4.78 is 22.7. The van der Waals surface area contributed by atoms with Crippen molar-refractivity contribution in [3.05, 3.63) is 64.7 Å². The molecule has 2 N–H and O–H groups in total. The summed E-state index contributed by atoms with van der Waals surface area (Å²) in [5, 5.41) is 5.77. The number of amides is 1. The fourth-order valence-corrected chi connectivity index (χ4v) is 3.17. The van der Waals surface area contributed by atoms with E-state index < -0.39 is 10.0 Å². The SMILES string of the molecule is CCCCC(=O)N(Cc1ccc(Cl)cc1)Cc1ccc(S(N)(=O)=O)cc1. The number of primary sulfonamides is 1. The number of nitrogens with zero attached hydrogens (tertiary/aromatic N) is 1. The van der Waals surface area contributed by atoms with Gasteiger partial charge >= 0.3 is 0 Å². The van der Waals surface area contributed by atoms with E-state index in [9.17, 15) is 13.2 Å². The first-order chi connectivity index (χ1) is 12.3. The minimum atomic E-state index is -3.72. The van der Waals surface area contributed by atoms with Crippen molar-refractivity contribution in [3.8, 4) is 0 Å². The lowest BCUT2D eigenvalue weighted by Gasteiger charge is -2.23. The summed E-state index contributed by atoms with van der Waals surface area (Å²) in [6.07, 6.45) is 2.27. The van der Waals surface area contributed by atoms with Crippen LogP contribution in [0.2, 0.25) is 5.02 Å². The second-order valence-electron chi connectivity index (χ2n) is 6.17. The molecule has 5 nitrogen and oxygen atoms in total. The molecule has 0 aliphatic carbocycles. The predicted octanol–water partition coefficient (Wildman–Crippen LogP) is 3.71. The number of nitrogens with two attached hydrogens (primary N) is 1. The van der Waals surface area contributed by atoms with Crippen molar-refractivity contribution < 1.29 is 13.2 Å². The van der Waals surface area contributed by atoms with Crippen molar-refractivity contribution >= 4 is 27.5 Å². The van der Waals surface area contributed by atoms with Crippen molar-refractivity contribution in [2.24, 2.45) is 5.14 Å². The maximum Gasteiger partial charge on any atom is 0.238 e. The molecule has 7 heteroatoms. The molecule has 140 valence electrons. The van der Waals surface area contributed by atoms with Gasteiger partial charge in [0.25, 0.3) is 0 Å². The van der Waals surface area contributed by atoms with E-state index in [0.717, 1.165) is 24.0 Å². The number of carbonyl (C=O) groups is 1. The Morgan fingerprint density at radius 1 is 1.00 bits per heavy atom. The molecule has 0 saturated carbocycles. The van der Waals surface area contributed by atoms with E-state index in [1.54, 1.807) is 29.2 Å². The molecule has 0 saturated heterocycles. The molecule has 0 aromatic heterocycles. The van der Waals surface area contributed by atoms with Crippen LogP contribution in [0, 0.1) is 0 Å². The monoisotopic (exact) mass is 394 g/mol. The van der Waals surface area contributed by atoms with Gasteiger partial charge in [-0.15, -0.1) is 0 Å². The smallest absolute Gasteiger partial charge is 0.238 e. The Balaban J connectivity index is 2.17. The van der Waals surface area contributed by atoms with Gasteiger partial charge in [-0.3, -0.25) is 4.79 Å². The number of sulfonamides is 1. The van der Waals surface area contributed by atoms with Crippen LogP contribution in [0.4, 0.5) is 0 Å². The Morgan fingerprint density at radius 2 is 1.50 bits per heavy atom. The van der Waals surface area contributed by atoms with E-state index in [1.807, 2.05) is 19.1 Å². The lowest BCUT2D eigenvalue weighted by atomic mass is 10.1. The van der Waals surface area contributed by atoms with E-state index in [4.69, 9.17) is 16.7 Å². The summed E-state index contributed by atoms with van der Waals surface area (Å²) in [6.45, 7) is 2.91. The van der Waals surface area contributed by atoms with Crippen LogP contribution < -0.4 is 5.14 Å². The Kier molecular flexibility index (Phi) is 7.20. The first-order valence-electron chi connectivity index (χ1n) is 8.43. The average molecular weight is 395 g/mol. The third-order valence-corrected chi connectivity index (χ3v) is 5.19. The first-order valence-corrected chi connectivity index (χ1v) is 10.4. The van der Waals surface area contributed by atoms with E-state index in [1.165, 1.54) is 12.1 Å². The summed E-state index contributed by atoms with van der Waals surface area (Å²) in [5.41, 5.74) is 1.83. The minimum absolute atomic E-state index is 0.0582. The molecule has 0 aliphatic rings. The lowest BCUT2D eigenvalue weighted by molar-refractivity contribution is -0.132. The molecular formula is C19H23ClN2O3S. The Labute approximate surface area is 159 Å². The zero-order valence-corrected chi connectivity index (χ0v) is 16.3. The second-order valence-corrected chi connectivity index (χ2v) is 8.17. The fraction of sp³-hybridized carbons (Fsp3) is 0.316. The lowest BCUT2D eigenvalue weighted by Crippen LogP contribution is -2.29. The number of benzene rings is 2. The van der Waals surface area contributed by atoms with Gasteiger partial charge in [-0.25, -0.2) is 13.6 Å². The van der Waals surface area contributed by atoms with Crippen LogP contribution in [-0.4, -0.2) is 19.2 Å². The van der Waals surface area contributed by atoms with Gasteiger partial charge in [-0.2, -0.15) is 0 Å². The number of unbranched alkanes of at least 4 members (excludes halogenated alkanes) is 1. The largest absolute Gasteiger partial charge is 0.334 e. The Hall–Kier alpha value is -1.89. The van der Waals surface area contributed by atoms with Gasteiger partial charge in [-0.05, 0) is 41.8 Å². The van der Waals surface area contributed by atoms with Crippen LogP contribution in [0.15, 0.2) is 53.4 Å². The average Bonchev–Trinajstić information content (AvgIpc) is 2.60. The summed E-state index contributed by atoms with van der Waals surface area (Å²) in [7, 11) is -3.72.